The number of carbonyl (C=O) groups is 1. The smallest absolute Gasteiger partial charge is 0.242 e. The van der Waals surface area contributed by atoms with Crippen LogP contribution < -0.4 is 11.1 Å². The van der Waals surface area contributed by atoms with E-state index in [9.17, 15) is 13.2 Å². The van der Waals surface area contributed by atoms with Gasteiger partial charge in [-0.3, -0.25) is 9.78 Å². The average Bonchev–Trinajstić information content (AvgIpc) is 3.55. The highest BCUT2D eigenvalue weighted by Crippen LogP contribution is 2.45. The number of hydrogen-bond donors (Lipinski definition) is 2. The van der Waals surface area contributed by atoms with Gasteiger partial charge in [0.25, 0.3) is 0 Å². The van der Waals surface area contributed by atoms with Gasteiger partial charge < -0.3 is 20.7 Å². The van der Waals surface area contributed by atoms with Crippen LogP contribution in [0.15, 0.2) is 59.8 Å². The molecule has 3 aromatic heterocycles. The van der Waals surface area contributed by atoms with Crippen molar-refractivity contribution < 1.29 is 17.9 Å². The van der Waals surface area contributed by atoms with Crippen LogP contribution in [-0.2, 0) is 19.4 Å². The van der Waals surface area contributed by atoms with Crippen molar-refractivity contribution in [1.29, 1.82) is 0 Å². The minimum atomic E-state index is -3.73. The average molecular weight is 588 g/mol. The number of sulfone groups is 1. The van der Waals surface area contributed by atoms with Crippen molar-refractivity contribution in [2.75, 3.05) is 31.7 Å². The fourth-order valence-corrected chi connectivity index (χ4v) is 7.93. The van der Waals surface area contributed by atoms with E-state index in [-0.39, 0.29) is 40.7 Å². The number of hydrogen-bond acceptors (Lipinski definition) is 9. The second kappa shape index (κ2) is 10.4. The number of nitrogens with two attached hydrogens (primary N) is 1. The predicted octanol–water partition coefficient (Wildman–Crippen LogP) is 2.67. The topological polar surface area (TPSA) is 145 Å². The molecule has 1 aromatic carbocycles. The van der Waals surface area contributed by atoms with Crippen molar-refractivity contribution in [2.24, 2.45) is 0 Å². The van der Waals surface area contributed by atoms with Crippen LogP contribution in [0.25, 0.3) is 28.0 Å². The van der Waals surface area contributed by atoms with Crippen molar-refractivity contribution in [1.82, 2.24) is 29.8 Å². The normalized spacial score (nSPS) is 24.3. The van der Waals surface area contributed by atoms with E-state index in [4.69, 9.17) is 15.5 Å². The van der Waals surface area contributed by atoms with E-state index < -0.39 is 9.84 Å². The molecule has 7 rings (SSSR count). The molecule has 3 aliphatic rings. The van der Waals surface area contributed by atoms with E-state index in [1.807, 2.05) is 47.4 Å². The van der Waals surface area contributed by atoms with Gasteiger partial charge in [0.15, 0.2) is 15.5 Å². The summed E-state index contributed by atoms with van der Waals surface area (Å²) in [6, 6.07) is 13.5. The molecular formula is C30H33N7O4S. The van der Waals surface area contributed by atoms with Crippen LogP contribution in [0.3, 0.4) is 0 Å². The van der Waals surface area contributed by atoms with Gasteiger partial charge in [0.1, 0.15) is 16.8 Å². The summed E-state index contributed by atoms with van der Waals surface area (Å²) < 4.78 is 33.2. The van der Waals surface area contributed by atoms with E-state index in [1.54, 1.807) is 12.4 Å². The Morgan fingerprint density at radius 2 is 1.81 bits per heavy atom. The standard InChI is InChI=1S/C30H33N7O4S/c1-42(39,40)27-26(20-13-21-8-9-22(14-20)36(21)30(38)25-17-41-12-11-32-25)35-29-23(16-34-37(29)28(27)31)19-7-10-24(33-15-19)18-5-3-2-4-6-18/h2-7,10,15-16,20-22,25,32H,8-9,11-14,17,31H2,1H3/t20?,21-,22+,25-/m0/s1. The number of benzene rings is 1. The lowest BCUT2D eigenvalue weighted by Gasteiger charge is -2.41. The monoisotopic (exact) mass is 587 g/mol. The quantitative estimate of drug-likeness (QED) is 0.360. The molecular weight excluding hydrogens is 554 g/mol. The number of aromatic nitrogens is 4. The Hall–Kier alpha value is -3.87. The number of morpholine rings is 1. The molecule has 4 aromatic rings. The first kappa shape index (κ1) is 27.0. The molecule has 0 radical (unpaired) electrons. The van der Waals surface area contributed by atoms with Gasteiger partial charge in [-0.05, 0) is 31.7 Å². The fraction of sp³-hybridized carbons (Fsp3) is 0.400. The zero-order valence-corrected chi connectivity index (χ0v) is 24.1. The number of fused-ring (bicyclic) bond motifs is 3. The number of anilines is 1. The maximum Gasteiger partial charge on any atom is 0.242 e. The van der Waals surface area contributed by atoms with E-state index in [0.29, 0.717) is 49.5 Å². The third kappa shape index (κ3) is 4.63. The Morgan fingerprint density at radius 3 is 2.45 bits per heavy atom. The lowest BCUT2D eigenvalue weighted by atomic mass is 9.87. The lowest BCUT2D eigenvalue weighted by molar-refractivity contribution is -0.141. The molecule has 3 aliphatic heterocycles. The molecule has 42 heavy (non-hydrogen) atoms. The first-order valence-electron chi connectivity index (χ1n) is 14.3. The van der Waals surface area contributed by atoms with E-state index in [2.05, 4.69) is 15.4 Å². The zero-order chi connectivity index (χ0) is 29.0. The highest BCUT2D eigenvalue weighted by atomic mass is 32.2. The molecule has 1 amide bonds. The van der Waals surface area contributed by atoms with Gasteiger partial charge in [-0.15, -0.1) is 0 Å². The Morgan fingerprint density at radius 1 is 1.05 bits per heavy atom. The van der Waals surface area contributed by atoms with Gasteiger partial charge >= 0.3 is 0 Å². The van der Waals surface area contributed by atoms with Gasteiger partial charge in [0, 0.05) is 53.7 Å². The van der Waals surface area contributed by atoms with Crippen molar-refractivity contribution in [3.63, 3.8) is 0 Å². The van der Waals surface area contributed by atoms with E-state index >= 15 is 0 Å². The lowest BCUT2D eigenvalue weighted by Crippen LogP contribution is -2.57. The second-order valence-electron chi connectivity index (χ2n) is 11.5. The number of amides is 1. The number of rotatable bonds is 5. The van der Waals surface area contributed by atoms with Crippen molar-refractivity contribution >= 4 is 27.2 Å². The minimum absolute atomic E-state index is 0.00995. The predicted molar refractivity (Wildman–Crippen MR) is 157 cm³/mol. The molecule has 1 unspecified atom stereocenters. The highest BCUT2D eigenvalue weighted by Gasteiger charge is 2.47. The molecule has 11 nitrogen and oxygen atoms in total. The van der Waals surface area contributed by atoms with Crippen LogP contribution in [0.2, 0.25) is 0 Å². The summed E-state index contributed by atoms with van der Waals surface area (Å²) in [5.74, 6) is -0.0519. The Kier molecular flexibility index (Phi) is 6.71. The molecule has 4 atom stereocenters. The summed E-state index contributed by atoms with van der Waals surface area (Å²) >= 11 is 0. The Labute approximate surface area is 244 Å². The van der Waals surface area contributed by atoms with Crippen molar-refractivity contribution in [3.05, 3.63) is 60.6 Å². The number of piperidine rings is 1. The molecule has 0 aliphatic carbocycles. The molecule has 3 fully saturated rings. The van der Waals surface area contributed by atoms with E-state index in [0.717, 1.165) is 35.9 Å². The Bertz CT molecular complexity index is 1740. The third-order valence-electron chi connectivity index (χ3n) is 8.77. The molecule has 12 heteroatoms. The molecule has 6 heterocycles. The number of nitrogen functional groups attached to an aromatic ring is 1. The van der Waals surface area contributed by atoms with Crippen LogP contribution in [0.5, 0.6) is 0 Å². The number of ether oxygens (including phenoxy) is 1. The summed E-state index contributed by atoms with van der Waals surface area (Å²) in [6.07, 6.45) is 7.59. The van der Waals surface area contributed by atoms with Gasteiger partial charge in [-0.2, -0.15) is 9.61 Å². The molecule has 0 saturated carbocycles. The number of carbonyl (C=O) groups excluding carboxylic acids is 1. The summed E-state index contributed by atoms with van der Waals surface area (Å²) in [6.45, 7) is 1.63. The maximum absolute atomic E-state index is 13.4. The Balaban J connectivity index is 1.25. The highest BCUT2D eigenvalue weighted by molar-refractivity contribution is 7.91. The van der Waals surface area contributed by atoms with Crippen LogP contribution in [0, 0.1) is 0 Å². The number of nitrogens with zero attached hydrogens (tertiary/aromatic N) is 5. The summed E-state index contributed by atoms with van der Waals surface area (Å²) in [5.41, 5.74) is 10.9. The first-order valence-corrected chi connectivity index (χ1v) is 16.2. The van der Waals surface area contributed by atoms with Crippen LogP contribution in [0.1, 0.15) is 37.3 Å². The van der Waals surface area contributed by atoms with Crippen LogP contribution in [0.4, 0.5) is 5.82 Å². The molecule has 0 spiro atoms. The molecule has 3 N–H and O–H groups in total. The minimum Gasteiger partial charge on any atom is -0.382 e. The third-order valence-corrected chi connectivity index (χ3v) is 9.93. The summed E-state index contributed by atoms with van der Waals surface area (Å²) in [5, 5.41) is 7.71. The maximum atomic E-state index is 13.4. The van der Waals surface area contributed by atoms with E-state index in [1.165, 1.54) is 4.52 Å². The van der Waals surface area contributed by atoms with Gasteiger partial charge in [0.2, 0.25) is 5.91 Å². The van der Waals surface area contributed by atoms with Crippen molar-refractivity contribution in [3.8, 4) is 22.4 Å². The fourth-order valence-electron chi connectivity index (χ4n) is 6.88. The summed E-state index contributed by atoms with van der Waals surface area (Å²) in [7, 11) is -3.73. The molecule has 218 valence electrons. The van der Waals surface area contributed by atoms with Gasteiger partial charge in [-0.25, -0.2) is 13.4 Å². The van der Waals surface area contributed by atoms with Crippen LogP contribution >= 0.6 is 0 Å². The largest absolute Gasteiger partial charge is 0.382 e. The number of pyridine rings is 1. The zero-order valence-electron chi connectivity index (χ0n) is 23.3. The molecule has 2 bridgehead atoms. The summed E-state index contributed by atoms with van der Waals surface area (Å²) in [4.78, 5) is 25.1. The first-order chi connectivity index (χ1) is 20.3. The second-order valence-corrected chi connectivity index (χ2v) is 13.4. The number of nitrogens with one attached hydrogen (secondary N) is 1. The molecule has 3 saturated heterocycles. The van der Waals surface area contributed by atoms with Crippen molar-refractivity contribution in [2.45, 2.75) is 54.6 Å². The van der Waals surface area contributed by atoms with Gasteiger partial charge in [-0.1, -0.05) is 36.4 Å². The van der Waals surface area contributed by atoms with Gasteiger partial charge in [0.05, 0.1) is 30.8 Å². The van der Waals surface area contributed by atoms with Crippen LogP contribution in [-0.4, -0.2) is 82.9 Å². The SMILES string of the molecule is CS(=O)(=O)c1c(C2C[C@H]3CC[C@@H](C2)N3C(=O)[C@@H]2COCCN2)nc2c(-c3ccc(-c4ccccc4)nc3)cnn2c1N.